The molecule has 0 spiro atoms. The molecule has 1 aliphatic carbocycles. The van der Waals surface area contributed by atoms with E-state index in [-0.39, 0.29) is 17.9 Å². The van der Waals surface area contributed by atoms with Crippen LogP contribution in [0.15, 0.2) is 23.8 Å². The van der Waals surface area contributed by atoms with Gasteiger partial charge in [0, 0.05) is 32.8 Å². The van der Waals surface area contributed by atoms with Crippen molar-refractivity contribution in [1.29, 1.82) is 0 Å². The fourth-order valence-electron chi connectivity index (χ4n) is 4.12. The van der Waals surface area contributed by atoms with Gasteiger partial charge in [-0.25, -0.2) is 0 Å². The number of rotatable bonds is 4. The van der Waals surface area contributed by atoms with E-state index in [2.05, 4.69) is 11.4 Å². The van der Waals surface area contributed by atoms with E-state index < -0.39 is 0 Å². The number of piperidine rings is 1. The second-order valence-corrected chi connectivity index (χ2v) is 7.17. The van der Waals surface area contributed by atoms with E-state index in [0.29, 0.717) is 12.1 Å². The molecule has 0 aromatic carbocycles. The maximum absolute atomic E-state index is 13.0. The van der Waals surface area contributed by atoms with Crippen molar-refractivity contribution in [3.05, 3.63) is 35.2 Å². The number of aromatic nitrogens is 1. The summed E-state index contributed by atoms with van der Waals surface area (Å²) >= 11 is 0. The lowest BCUT2D eigenvalue weighted by Gasteiger charge is -2.36. The Morgan fingerprint density at radius 2 is 2.04 bits per heavy atom. The van der Waals surface area contributed by atoms with Crippen molar-refractivity contribution in [2.45, 2.75) is 57.4 Å². The average Bonchev–Trinajstić information content (AvgIpc) is 3.03. The van der Waals surface area contributed by atoms with Gasteiger partial charge in [-0.2, -0.15) is 0 Å². The molecule has 5 nitrogen and oxygen atoms in total. The van der Waals surface area contributed by atoms with Crippen LogP contribution in [0.3, 0.4) is 0 Å². The first-order valence-electron chi connectivity index (χ1n) is 9.47. The van der Waals surface area contributed by atoms with Crippen LogP contribution in [0.4, 0.5) is 0 Å². The number of amides is 2. The summed E-state index contributed by atoms with van der Waals surface area (Å²) in [4.78, 5) is 27.0. The van der Waals surface area contributed by atoms with Gasteiger partial charge in [0.1, 0.15) is 5.69 Å². The largest absolute Gasteiger partial charge is 0.354 e. The Hall–Kier alpha value is -2.04. The quantitative estimate of drug-likeness (QED) is 0.853. The summed E-state index contributed by atoms with van der Waals surface area (Å²) in [6.07, 6.45) is 10.6. The predicted octanol–water partition coefficient (Wildman–Crippen LogP) is 3.33. The molecule has 1 aromatic rings. The molecule has 1 aromatic heterocycles. The first-order chi connectivity index (χ1) is 12.1. The molecule has 136 valence electrons. The van der Waals surface area contributed by atoms with E-state index in [1.807, 2.05) is 28.6 Å². The molecule has 0 unspecified atom stereocenters. The van der Waals surface area contributed by atoms with Gasteiger partial charge in [-0.15, -0.1) is 0 Å². The molecule has 1 atom stereocenters. The van der Waals surface area contributed by atoms with Crippen LogP contribution in [0, 0.1) is 0 Å². The minimum atomic E-state index is -0.0882. The van der Waals surface area contributed by atoms with Crippen LogP contribution in [-0.4, -0.2) is 34.9 Å². The van der Waals surface area contributed by atoms with Crippen LogP contribution in [0.2, 0.25) is 0 Å². The van der Waals surface area contributed by atoms with Crippen molar-refractivity contribution in [2.24, 2.45) is 7.05 Å². The number of nitrogens with zero attached hydrogens (tertiary/aromatic N) is 2. The second kappa shape index (κ2) is 7.89. The summed E-state index contributed by atoms with van der Waals surface area (Å²) in [5.74, 6) is 0.148. The third-order valence-electron chi connectivity index (χ3n) is 5.55. The Kier molecular flexibility index (Phi) is 5.61. The number of hydrogen-bond donors (Lipinski definition) is 1. The van der Waals surface area contributed by atoms with Crippen molar-refractivity contribution in [2.75, 3.05) is 13.6 Å². The Balaban J connectivity index is 1.79. The van der Waals surface area contributed by atoms with Gasteiger partial charge < -0.3 is 14.8 Å². The molecule has 2 heterocycles. The van der Waals surface area contributed by atoms with E-state index in [1.54, 1.807) is 7.05 Å². The number of nitrogens with one attached hydrogen (secondary N) is 1. The van der Waals surface area contributed by atoms with E-state index in [9.17, 15) is 9.59 Å². The maximum atomic E-state index is 13.0. The van der Waals surface area contributed by atoms with Crippen molar-refractivity contribution in [3.8, 4) is 0 Å². The summed E-state index contributed by atoms with van der Waals surface area (Å²) in [6, 6.07) is 3.93. The molecule has 1 aliphatic heterocycles. The van der Waals surface area contributed by atoms with Crippen molar-refractivity contribution >= 4 is 11.8 Å². The fourth-order valence-corrected chi connectivity index (χ4v) is 4.12. The van der Waals surface area contributed by atoms with Crippen molar-refractivity contribution in [1.82, 2.24) is 14.8 Å². The van der Waals surface area contributed by atoms with Gasteiger partial charge in [0.05, 0.1) is 6.04 Å². The third kappa shape index (κ3) is 3.80. The van der Waals surface area contributed by atoms with Crippen LogP contribution in [0.25, 0.3) is 0 Å². The Morgan fingerprint density at radius 1 is 1.20 bits per heavy atom. The topological polar surface area (TPSA) is 54.3 Å². The standard InChI is InChI=1S/C20H29N3O2/c1-21-20(25)18-12-11-16(22(18)2)17-10-6-7-13-23(17)19(24)14-15-8-4-3-5-9-15/h8,11-12,17H,3-7,9-10,13-14H2,1-2H3,(H,21,25)/t17-/m0/s1. The monoisotopic (exact) mass is 343 g/mol. The molecule has 1 N–H and O–H groups in total. The van der Waals surface area contributed by atoms with Gasteiger partial charge in [-0.05, 0) is 57.1 Å². The highest BCUT2D eigenvalue weighted by Gasteiger charge is 2.30. The lowest BCUT2D eigenvalue weighted by atomic mass is 9.94. The van der Waals surface area contributed by atoms with E-state index in [4.69, 9.17) is 0 Å². The van der Waals surface area contributed by atoms with Crippen LogP contribution in [0.1, 0.15) is 73.6 Å². The highest BCUT2D eigenvalue weighted by atomic mass is 16.2. The molecule has 0 saturated carbocycles. The van der Waals surface area contributed by atoms with E-state index >= 15 is 0 Å². The smallest absolute Gasteiger partial charge is 0.267 e. The van der Waals surface area contributed by atoms with Crippen molar-refractivity contribution in [3.63, 3.8) is 0 Å². The Bertz CT molecular complexity index is 674. The summed E-state index contributed by atoms with van der Waals surface area (Å²) in [5, 5.41) is 2.68. The van der Waals surface area contributed by atoms with Gasteiger partial charge in [0.2, 0.25) is 5.91 Å². The first-order valence-corrected chi connectivity index (χ1v) is 9.47. The summed E-state index contributed by atoms with van der Waals surface area (Å²) in [6.45, 7) is 0.817. The molecule has 2 amide bonds. The van der Waals surface area contributed by atoms with Crippen LogP contribution < -0.4 is 5.32 Å². The number of carbonyl (C=O) groups is 2. The zero-order valence-corrected chi connectivity index (χ0v) is 15.4. The lowest BCUT2D eigenvalue weighted by molar-refractivity contribution is -0.134. The summed E-state index contributed by atoms with van der Waals surface area (Å²) < 4.78 is 1.94. The molecule has 1 fully saturated rings. The number of hydrogen-bond acceptors (Lipinski definition) is 2. The number of allylic oxidation sites excluding steroid dienone is 1. The van der Waals surface area contributed by atoms with E-state index in [0.717, 1.165) is 44.3 Å². The van der Waals surface area contributed by atoms with Crippen LogP contribution in [0.5, 0.6) is 0 Å². The minimum Gasteiger partial charge on any atom is -0.354 e. The molecular weight excluding hydrogens is 314 g/mol. The third-order valence-corrected chi connectivity index (χ3v) is 5.55. The summed E-state index contributed by atoms with van der Waals surface area (Å²) in [7, 11) is 3.56. The Morgan fingerprint density at radius 3 is 2.76 bits per heavy atom. The van der Waals surface area contributed by atoms with Crippen LogP contribution in [-0.2, 0) is 11.8 Å². The summed E-state index contributed by atoms with van der Waals surface area (Å²) in [5.41, 5.74) is 3.01. The molecule has 5 heteroatoms. The predicted molar refractivity (Wildman–Crippen MR) is 98.3 cm³/mol. The van der Waals surface area contributed by atoms with Gasteiger partial charge in [0.15, 0.2) is 0 Å². The Labute approximate surface area is 150 Å². The maximum Gasteiger partial charge on any atom is 0.267 e. The SMILES string of the molecule is CNC(=O)c1ccc([C@@H]2CCCCN2C(=O)CC2=CCCCC2)n1C. The molecule has 0 bridgehead atoms. The molecule has 0 radical (unpaired) electrons. The van der Waals surface area contributed by atoms with Gasteiger partial charge >= 0.3 is 0 Å². The number of carbonyl (C=O) groups excluding carboxylic acids is 2. The van der Waals surface area contributed by atoms with Gasteiger partial charge in [0.25, 0.3) is 5.91 Å². The zero-order chi connectivity index (χ0) is 17.8. The van der Waals surface area contributed by atoms with Gasteiger partial charge in [-0.1, -0.05) is 11.6 Å². The normalized spacial score (nSPS) is 21.0. The molecular formula is C20H29N3O2. The van der Waals surface area contributed by atoms with E-state index in [1.165, 1.54) is 18.4 Å². The molecule has 3 rings (SSSR count). The molecule has 2 aliphatic rings. The van der Waals surface area contributed by atoms with Crippen LogP contribution >= 0.6 is 0 Å². The second-order valence-electron chi connectivity index (χ2n) is 7.17. The molecule has 25 heavy (non-hydrogen) atoms. The minimum absolute atomic E-state index is 0.0776. The molecule has 1 saturated heterocycles. The number of likely N-dealkylation sites (tertiary alicyclic amines) is 1. The van der Waals surface area contributed by atoms with Gasteiger partial charge in [-0.3, -0.25) is 9.59 Å². The van der Waals surface area contributed by atoms with Crippen molar-refractivity contribution < 1.29 is 9.59 Å². The highest BCUT2D eigenvalue weighted by molar-refractivity contribution is 5.92. The fraction of sp³-hybridized carbons (Fsp3) is 0.600. The first kappa shape index (κ1) is 17.8. The zero-order valence-electron chi connectivity index (χ0n) is 15.4. The highest BCUT2D eigenvalue weighted by Crippen LogP contribution is 2.33. The lowest BCUT2D eigenvalue weighted by Crippen LogP contribution is -2.39. The average molecular weight is 343 g/mol.